The molecule has 0 fully saturated rings. The first-order valence-electron chi connectivity index (χ1n) is 9.78. The molecule has 0 spiro atoms. The zero-order chi connectivity index (χ0) is 19.1. The molecule has 1 heteroatoms. The maximum absolute atomic E-state index is 2.44. The molecule has 1 aliphatic carbocycles. The fraction of sp³-hybridized carbons (Fsp3) is 0.111. The lowest BCUT2D eigenvalue weighted by atomic mass is 9.86. The third-order valence-corrected chi connectivity index (χ3v) is 6.34. The van der Waals surface area contributed by atoms with E-state index in [9.17, 15) is 0 Å². The van der Waals surface area contributed by atoms with Crippen LogP contribution in [-0.2, 0) is 0 Å². The Morgan fingerprint density at radius 3 is 2.25 bits per heavy atom. The molecule has 0 heterocycles. The van der Waals surface area contributed by atoms with Gasteiger partial charge in [0.05, 0.1) is 0 Å². The van der Waals surface area contributed by atoms with Gasteiger partial charge in [0, 0.05) is 3.57 Å². The summed E-state index contributed by atoms with van der Waals surface area (Å²) in [6, 6.07) is 29.1. The van der Waals surface area contributed by atoms with Gasteiger partial charge in [0.2, 0.25) is 0 Å². The van der Waals surface area contributed by atoms with Crippen molar-refractivity contribution < 1.29 is 0 Å². The molecule has 136 valence electrons. The quantitative estimate of drug-likeness (QED) is 0.258. The van der Waals surface area contributed by atoms with Crippen LogP contribution in [0.5, 0.6) is 0 Å². The van der Waals surface area contributed by atoms with Crippen LogP contribution in [0.3, 0.4) is 0 Å². The molecular formula is C27H21I. The van der Waals surface area contributed by atoms with Crippen LogP contribution in [0, 0.1) is 3.57 Å². The molecule has 0 saturated carbocycles. The van der Waals surface area contributed by atoms with E-state index in [4.69, 9.17) is 0 Å². The smallest absolute Gasteiger partial charge is 0.0142 e. The van der Waals surface area contributed by atoms with Crippen LogP contribution in [0.1, 0.15) is 30.4 Å². The van der Waals surface area contributed by atoms with Crippen LogP contribution < -0.4 is 0 Å². The number of benzene rings is 4. The molecule has 0 amide bonds. The highest BCUT2D eigenvalue weighted by Crippen LogP contribution is 2.35. The van der Waals surface area contributed by atoms with Gasteiger partial charge in [-0.15, -0.1) is 0 Å². The fourth-order valence-electron chi connectivity index (χ4n) is 4.17. The van der Waals surface area contributed by atoms with Gasteiger partial charge in [0.25, 0.3) is 0 Å². The lowest BCUT2D eigenvalue weighted by molar-refractivity contribution is 0.772. The Balaban J connectivity index is 1.60. The molecule has 0 aromatic heterocycles. The van der Waals surface area contributed by atoms with Gasteiger partial charge in [-0.2, -0.15) is 0 Å². The second-order valence-electron chi connectivity index (χ2n) is 7.67. The lowest BCUT2D eigenvalue weighted by Crippen LogP contribution is -1.99. The number of hydrogen-bond donors (Lipinski definition) is 0. The van der Waals surface area contributed by atoms with Gasteiger partial charge in [-0.25, -0.2) is 0 Å². The zero-order valence-corrected chi connectivity index (χ0v) is 18.0. The van der Waals surface area contributed by atoms with Gasteiger partial charge in [-0.3, -0.25) is 0 Å². The van der Waals surface area contributed by atoms with Crippen molar-refractivity contribution in [3.05, 3.63) is 99.6 Å². The summed E-state index contributed by atoms with van der Waals surface area (Å²) in [4.78, 5) is 0. The lowest BCUT2D eigenvalue weighted by Gasteiger charge is -2.19. The van der Waals surface area contributed by atoms with E-state index in [0.29, 0.717) is 5.92 Å². The highest BCUT2D eigenvalue weighted by molar-refractivity contribution is 14.1. The Labute approximate surface area is 180 Å². The third kappa shape index (κ3) is 3.29. The number of hydrogen-bond acceptors (Lipinski definition) is 0. The number of fused-ring (bicyclic) bond motifs is 2. The monoisotopic (exact) mass is 472 g/mol. The van der Waals surface area contributed by atoms with Gasteiger partial charge in [0.15, 0.2) is 0 Å². The Morgan fingerprint density at radius 1 is 0.714 bits per heavy atom. The molecule has 0 bridgehead atoms. The average Bonchev–Trinajstić information content (AvgIpc) is 2.73. The van der Waals surface area contributed by atoms with Gasteiger partial charge in [-0.05, 0) is 109 Å². The van der Waals surface area contributed by atoms with Crippen molar-refractivity contribution in [2.75, 3.05) is 0 Å². The number of rotatable bonds is 2. The molecule has 0 radical (unpaired) electrons. The maximum atomic E-state index is 2.44. The largest absolute Gasteiger partial charge is 0.0833 e. The highest BCUT2D eigenvalue weighted by Gasteiger charge is 2.13. The Bertz CT molecular complexity index is 1220. The van der Waals surface area contributed by atoms with Gasteiger partial charge >= 0.3 is 0 Å². The molecule has 4 aromatic carbocycles. The van der Waals surface area contributed by atoms with Crippen molar-refractivity contribution in [2.24, 2.45) is 0 Å². The van der Waals surface area contributed by atoms with E-state index in [1.165, 1.54) is 47.7 Å². The Hall–Kier alpha value is -2.39. The molecule has 1 atom stereocenters. The molecule has 0 N–H and O–H groups in total. The molecule has 0 saturated heterocycles. The minimum absolute atomic E-state index is 0.609. The highest BCUT2D eigenvalue weighted by atomic mass is 127. The first-order valence-corrected chi connectivity index (χ1v) is 10.9. The fourth-order valence-corrected chi connectivity index (χ4v) is 4.84. The van der Waals surface area contributed by atoms with Crippen LogP contribution in [-0.4, -0.2) is 0 Å². The van der Waals surface area contributed by atoms with Crippen molar-refractivity contribution in [1.82, 2.24) is 0 Å². The first kappa shape index (κ1) is 17.7. The zero-order valence-electron chi connectivity index (χ0n) is 15.8. The summed E-state index contributed by atoms with van der Waals surface area (Å²) >= 11 is 2.44. The molecule has 1 aliphatic rings. The maximum Gasteiger partial charge on any atom is 0.0142 e. The van der Waals surface area contributed by atoms with E-state index >= 15 is 0 Å². The molecule has 5 rings (SSSR count). The van der Waals surface area contributed by atoms with Gasteiger partial charge in [0.1, 0.15) is 0 Å². The summed E-state index contributed by atoms with van der Waals surface area (Å²) in [5.74, 6) is 0.609. The van der Waals surface area contributed by atoms with E-state index in [1.54, 1.807) is 0 Å². The topological polar surface area (TPSA) is 0 Å². The summed E-state index contributed by atoms with van der Waals surface area (Å²) in [6.45, 7) is 2.31. The van der Waals surface area contributed by atoms with Crippen molar-refractivity contribution in [3.8, 4) is 22.3 Å². The summed E-state index contributed by atoms with van der Waals surface area (Å²) in [5.41, 5.74) is 7.94. The minimum atomic E-state index is 0.609. The van der Waals surface area contributed by atoms with Crippen molar-refractivity contribution in [3.63, 3.8) is 0 Å². The van der Waals surface area contributed by atoms with Crippen molar-refractivity contribution in [1.29, 1.82) is 0 Å². The Morgan fingerprint density at radius 2 is 1.43 bits per heavy atom. The normalized spacial score (nSPS) is 15.6. The minimum Gasteiger partial charge on any atom is -0.0833 e. The van der Waals surface area contributed by atoms with E-state index in [1.807, 2.05) is 0 Å². The van der Waals surface area contributed by atoms with E-state index in [0.717, 1.165) is 6.42 Å². The molecule has 28 heavy (non-hydrogen) atoms. The standard InChI is InChI=1S/C27H21I/c1-18-5-4-8-23-14-22(11-12-27(18)23)25-15-24(16-26(28)17-25)21-10-9-19-6-2-3-7-20(19)13-21/h2-4,6-18H,5H2,1H3/t18-/m1/s1. The van der Waals surface area contributed by atoms with E-state index < -0.39 is 0 Å². The summed E-state index contributed by atoms with van der Waals surface area (Å²) in [6.07, 6.45) is 5.71. The summed E-state index contributed by atoms with van der Waals surface area (Å²) < 4.78 is 1.26. The number of halogens is 1. The van der Waals surface area contributed by atoms with Gasteiger partial charge in [-0.1, -0.05) is 67.6 Å². The molecule has 4 aromatic rings. The van der Waals surface area contributed by atoms with Crippen LogP contribution in [0.25, 0.3) is 39.1 Å². The van der Waals surface area contributed by atoms with E-state index in [2.05, 4.69) is 121 Å². The van der Waals surface area contributed by atoms with Crippen LogP contribution in [0.15, 0.2) is 84.9 Å². The third-order valence-electron chi connectivity index (χ3n) is 5.72. The van der Waals surface area contributed by atoms with Crippen LogP contribution in [0.4, 0.5) is 0 Å². The second-order valence-corrected chi connectivity index (χ2v) is 8.92. The molecule has 0 nitrogen and oxygen atoms in total. The molecular weight excluding hydrogens is 451 g/mol. The molecule has 0 unspecified atom stereocenters. The summed E-state index contributed by atoms with van der Waals surface area (Å²) in [7, 11) is 0. The summed E-state index contributed by atoms with van der Waals surface area (Å²) in [5, 5.41) is 2.57. The van der Waals surface area contributed by atoms with Crippen molar-refractivity contribution >= 4 is 39.4 Å². The van der Waals surface area contributed by atoms with Crippen LogP contribution >= 0.6 is 22.6 Å². The van der Waals surface area contributed by atoms with Crippen LogP contribution in [0.2, 0.25) is 0 Å². The SMILES string of the molecule is C[C@@H]1CC=Cc2cc(-c3cc(I)cc(-c4ccc5ccccc5c4)c3)ccc21. The van der Waals surface area contributed by atoms with E-state index in [-0.39, 0.29) is 0 Å². The van der Waals surface area contributed by atoms with Crippen molar-refractivity contribution in [2.45, 2.75) is 19.3 Å². The predicted molar refractivity (Wildman–Crippen MR) is 130 cm³/mol. The predicted octanol–water partition coefficient (Wildman–Crippen LogP) is 8.30. The average molecular weight is 472 g/mol. The second kappa shape index (κ2) is 7.21. The molecule has 0 aliphatic heterocycles. The van der Waals surface area contributed by atoms with Gasteiger partial charge < -0.3 is 0 Å². The first-order chi connectivity index (χ1) is 13.7. The Kier molecular flexibility index (Phi) is 4.56. The number of allylic oxidation sites excluding steroid dienone is 1.